The highest BCUT2D eigenvalue weighted by atomic mass is 16.6. The first-order valence-corrected chi connectivity index (χ1v) is 7.83. The van der Waals surface area contributed by atoms with E-state index in [9.17, 15) is 15.6 Å². The molecule has 120 valence electrons. The maximum atomic E-state index is 10.4. The summed E-state index contributed by atoms with van der Waals surface area (Å²) in [4.78, 5) is 0. The van der Waals surface area contributed by atoms with Gasteiger partial charge in [0.05, 0.1) is 29.4 Å². The number of rotatable bonds is 1. The van der Waals surface area contributed by atoms with Crippen molar-refractivity contribution in [3.05, 3.63) is 68.8 Å². The molecule has 0 saturated heterocycles. The van der Waals surface area contributed by atoms with E-state index in [-0.39, 0.29) is 6.10 Å². The van der Waals surface area contributed by atoms with Gasteiger partial charge in [-0.2, -0.15) is 10.5 Å². The van der Waals surface area contributed by atoms with Crippen LogP contribution in [-0.2, 0) is 11.2 Å². The summed E-state index contributed by atoms with van der Waals surface area (Å²) in [5, 5.41) is 29.2. The average Bonchev–Trinajstić information content (AvgIpc) is 2.56. The highest BCUT2D eigenvalue weighted by Gasteiger charge is 2.30. The molecule has 0 aromatic heterocycles. The van der Waals surface area contributed by atoms with Crippen LogP contribution in [0.3, 0.4) is 0 Å². The van der Waals surface area contributed by atoms with E-state index in [0.717, 1.165) is 27.8 Å². The molecule has 2 aromatic rings. The molecule has 3 rings (SSSR count). The van der Waals surface area contributed by atoms with E-state index in [0.29, 0.717) is 23.1 Å². The highest BCUT2D eigenvalue weighted by Crippen LogP contribution is 2.39. The SMILES string of the molecule is Cc1cc(C#N)c2c(c1)C(O)OC(c1cc(C)cc(C#N)c1C)C2. The van der Waals surface area contributed by atoms with Crippen molar-refractivity contribution in [1.82, 2.24) is 0 Å². The maximum absolute atomic E-state index is 10.4. The Morgan fingerprint density at radius 2 is 1.54 bits per heavy atom. The molecule has 0 fully saturated rings. The first-order chi connectivity index (χ1) is 11.4. The van der Waals surface area contributed by atoms with Crippen LogP contribution < -0.4 is 0 Å². The highest BCUT2D eigenvalue weighted by molar-refractivity contribution is 5.50. The van der Waals surface area contributed by atoms with Crippen molar-refractivity contribution in [1.29, 1.82) is 10.5 Å². The smallest absolute Gasteiger partial charge is 0.182 e. The number of nitrogens with zero attached hydrogens (tertiary/aromatic N) is 2. The fourth-order valence-corrected chi connectivity index (χ4v) is 3.38. The molecule has 1 heterocycles. The number of hydrogen-bond donors (Lipinski definition) is 1. The third kappa shape index (κ3) is 2.67. The lowest BCUT2D eigenvalue weighted by atomic mass is 9.87. The molecule has 0 bridgehead atoms. The Morgan fingerprint density at radius 1 is 0.958 bits per heavy atom. The Morgan fingerprint density at radius 3 is 2.17 bits per heavy atom. The fourth-order valence-electron chi connectivity index (χ4n) is 3.38. The molecule has 1 N–H and O–H groups in total. The van der Waals surface area contributed by atoms with Gasteiger partial charge in [-0.15, -0.1) is 0 Å². The van der Waals surface area contributed by atoms with Crippen LogP contribution in [0.5, 0.6) is 0 Å². The Hall–Kier alpha value is -2.66. The monoisotopic (exact) mass is 318 g/mol. The van der Waals surface area contributed by atoms with Gasteiger partial charge in [0.1, 0.15) is 0 Å². The van der Waals surface area contributed by atoms with Gasteiger partial charge in [-0.3, -0.25) is 0 Å². The number of hydrogen-bond acceptors (Lipinski definition) is 4. The standard InChI is InChI=1S/C20H18N2O2/c1-11-4-14(9-21)13(3)16(6-11)19-8-17-15(10-22)5-12(2)7-18(17)20(23)24-19/h4-7,19-20,23H,8H2,1-3H3. The van der Waals surface area contributed by atoms with Crippen LogP contribution in [0.25, 0.3) is 0 Å². The van der Waals surface area contributed by atoms with Crippen LogP contribution in [0.15, 0.2) is 24.3 Å². The molecule has 0 radical (unpaired) electrons. The van der Waals surface area contributed by atoms with E-state index in [2.05, 4.69) is 12.1 Å². The minimum atomic E-state index is -1.07. The topological polar surface area (TPSA) is 77.0 Å². The summed E-state index contributed by atoms with van der Waals surface area (Å²) in [5.41, 5.74) is 6.31. The van der Waals surface area contributed by atoms with Crippen molar-refractivity contribution in [3.8, 4) is 12.1 Å². The summed E-state index contributed by atoms with van der Waals surface area (Å²) in [7, 11) is 0. The second kappa shape index (κ2) is 6.09. The van der Waals surface area contributed by atoms with Gasteiger partial charge in [-0.25, -0.2) is 0 Å². The predicted molar refractivity (Wildman–Crippen MR) is 89.0 cm³/mol. The minimum Gasteiger partial charge on any atom is -0.364 e. The molecule has 0 aliphatic carbocycles. The van der Waals surface area contributed by atoms with Crippen molar-refractivity contribution in [2.75, 3.05) is 0 Å². The Kier molecular flexibility index (Phi) is 4.11. The van der Waals surface area contributed by atoms with E-state index < -0.39 is 6.29 Å². The van der Waals surface area contributed by atoms with Gasteiger partial charge >= 0.3 is 0 Å². The molecular weight excluding hydrogens is 300 g/mol. The molecule has 2 unspecified atom stereocenters. The quantitative estimate of drug-likeness (QED) is 0.870. The van der Waals surface area contributed by atoms with E-state index in [4.69, 9.17) is 4.74 Å². The van der Waals surface area contributed by atoms with Crippen molar-refractivity contribution in [3.63, 3.8) is 0 Å². The van der Waals surface area contributed by atoms with Gasteiger partial charge in [0, 0.05) is 12.0 Å². The maximum Gasteiger partial charge on any atom is 0.182 e. The van der Waals surface area contributed by atoms with E-state index >= 15 is 0 Å². The lowest BCUT2D eigenvalue weighted by Crippen LogP contribution is -2.22. The van der Waals surface area contributed by atoms with E-state index in [1.165, 1.54) is 0 Å². The number of fused-ring (bicyclic) bond motifs is 1. The number of nitriles is 2. The fraction of sp³-hybridized carbons (Fsp3) is 0.300. The van der Waals surface area contributed by atoms with Gasteiger partial charge in [0.2, 0.25) is 0 Å². The number of benzene rings is 2. The van der Waals surface area contributed by atoms with Crippen molar-refractivity contribution < 1.29 is 9.84 Å². The van der Waals surface area contributed by atoms with Crippen LogP contribution in [0.4, 0.5) is 0 Å². The van der Waals surface area contributed by atoms with Gasteiger partial charge in [0.25, 0.3) is 0 Å². The summed E-state index contributed by atoms with van der Waals surface area (Å²) in [6, 6.07) is 11.9. The zero-order valence-corrected chi connectivity index (χ0v) is 13.9. The van der Waals surface area contributed by atoms with Crippen molar-refractivity contribution in [2.45, 2.75) is 39.6 Å². The lowest BCUT2D eigenvalue weighted by Gasteiger charge is -2.31. The minimum absolute atomic E-state index is 0.380. The molecule has 2 atom stereocenters. The Labute approximate surface area is 141 Å². The van der Waals surface area contributed by atoms with Gasteiger partial charge in [0.15, 0.2) is 6.29 Å². The van der Waals surface area contributed by atoms with Gasteiger partial charge < -0.3 is 9.84 Å². The molecule has 1 aliphatic heterocycles. The first kappa shape index (κ1) is 16.2. The molecule has 1 aliphatic rings. The summed E-state index contributed by atoms with van der Waals surface area (Å²) in [6.45, 7) is 5.71. The van der Waals surface area contributed by atoms with E-state index in [1.54, 1.807) is 0 Å². The second-order valence-electron chi connectivity index (χ2n) is 6.31. The number of aryl methyl sites for hydroxylation is 2. The van der Waals surface area contributed by atoms with Gasteiger partial charge in [-0.05, 0) is 60.7 Å². The molecule has 2 aromatic carbocycles. The first-order valence-electron chi connectivity index (χ1n) is 7.83. The van der Waals surface area contributed by atoms with Gasteiger partial charge in [-0.1, -0.05) is 12.1 Å². The average molecular weight is 318 g/mol. The van der Waals surface area contributed by atoms with Crippen LogP contribution in [0, 0.1) is 43.4 Å². The zero-order valence-electron chi connectivity index (χ0n) is 13.9. The predicted octanol–water partition coefficient (Wildman–Crippen LogP) is 3.66. The number of ether oxygens (including phenoxy) is 1. The van der Waals surface area contributed by atoms with Crippen LogP contribution in [-0.4, -0.2) is 5.11 Å². The lowest BCUT2D eigenvalue weighted by molar-refractivity contribution is -0.151. The Balaban J connectivity index is 2.11. The molecule has 0 amide bonds. The zero-order chi connectivity index (χ0) is 17.4. The normalized spacial score (nSPS) is 19.2. The third-order valence-corrected chi connectivity index (χ3v) is 4.56. The molecular formula is C20H18N2O2. The van der Waals surface area contributed by atoms with E-state index in [1.807, 2.05) is 45.0 Å². The largest absolute Gasteiger partial charge is 0.364 e. The Bertz CT molecular complexity index is 903. The molecule has 4 nitrogen and oxygen atoms in total. The van der Waals surface area contributed by atoms with Crippen molar-refractivity contribution >= 4 is 0 Å². The van der Waals surface area contributed by atoms with Crippen LogP contribution in [0.1, 0.15) is 56.9 Å². The molecule has 24 heavy (non-hydrogen) atoms. The van der Waals surface area contributed by atoms with Crippen LogP contribution >= 0.6 is 0 Å². The number of aliphatic hydroxyl groups is 1. The summed E-state index contributed by atoms with van der Waals surface area (Å²) in [5.74, 6) is 0. The van der Waals surface area contributed by atoms with Crippen LogP contribution in [0.2, 0.25) is 0 Å². The third-order valence-electron chi connectivity index (χ3n) is 4.56. The summed E-state index contributed by atoms with van der Waals surface area (Å²) < 4.78 is 5.83. The van der Waals surface area contributed by atoms with Crippen molar-refractivity contribution in [2.24, 2.45) is 0 Å². The molecule has 0 spiro atoms. The number of aliphatic hydroxyl groups excluding tert-OH is 1. The molecule has 0 saturated carbocycles. The molecule has 4 heteroatoms. The summed E-state index contributed by atoms with van der Waals surface area (Å²) >= 11 is 0. The second-order valence-corrected chi connectivity index (χ2v) is 6.31. The summed E-state index contributed by atoms with van der Waals surface area (Å²) in [6.07, 6.45) is -0.949.